The second-order valence-corrected chi connectivity index (χ2v) is 6.65. The van der Waals surface area contributed by atoms with Crippen LogP contribution in [0.5, 0.6) is 5.88 Å². The molecular formula is C19H22F3N3O. The summed E-state index contributed by atoms with van der Waals surface area (Å²) in [6.45, 7) is 3.80. The number of likely N-dealkylation sites (tertiary alicyclic amines) is 1. The molecule has 0 radical (unpaired) electrons. The number of methoxy groups -OCH3 is 1. The highest BCUT2D eigenvalue weighted by Gasteiger charge is 2.33. The first-order chi connectivity index (χ1) is 12.4. The monoisotopic (exact) mass is 365 g/mol. The van der Waals surface area contributed by atoms with Gasteiger partial charge in [-0.15, -0.1) is 0 Å². The summed E-state index contributed by atoms with van der Waals surface area (Å²) < 4.78 is 43.6. The number of aromatic nitrogens is 2. The van der Waals surface area contributed by atoms with Crippen molar-refractivity contribution in [2.45, 2.75) is 32.0 Å². The molecular weight excluding hydrogens is 343 g/mol. The van der Waals surface area contributed by atoms with Crippen molar-refractivity contribution in [1.29, 1.82) is 0 Å². The maximum atomic E-state index is 12.8. The molecule has 3 heterocycles. The minimum absolute atomic E-state index is 0.129. The van der Waals surface area contributed by atoms with Crippen molar-refractivity contribution in [2.24, 2.45) is 5.92 Å². The van der Waals surface area contributed by atoms with Gasteiger partial charge in [-0.2, -0.15) is 13.2 Å². The van der Waals surface area contributed by atoms with Crippen LogP contribution < -0.4 is 4.74 Å². The number of hydrogen-bond acceptors (Lipinski definition) is 4. The molecule has 1 aliphatic heterocycles. The summed E-state index contributed by atoms with van der Waals surface area (Å²) in [5, 5.41) is 0. The maximum Gasteiger partial charge on any atom is 0.433 e. The minimum atomic E-state index is -4.40. The molecule has 26 heavy (non-hydrogen) atoms. The first-order valence-corrected chi connectivity index (χ1v) is 8.65. The Morgan fingerprint density at radius 3 is 2.69 bits per heavy atom. The number of ether oxygens (including phenoxy) is 1. The first-order valence-electron chi connectivity index (χ1n) is 8.65. The molecule has 1 unspecified atom stereocenters. The van der Waals surface area contributed by atoms with Crippen LogP contribution >= 0.6 is 0 Å². The fraction of sp³-hybridized carbons (Fsp3) is 0.474. The van der Waals surface area contributed by atoms with E-state index in [9.17, 15) is 13.2 Å². The Bertz CT molecular complexity index is 751. The fourth-order valence-electron chi connectivity index (χ4n) is 3.39. The fourth-order valence-corrected chi connectivity index (χ4v) is 3.39. The Balaban J connectivity index is 1.63. The number of alkyl halides is 3. The van der Waals surface area contributed by atoms with Crippen LogP contribution in [0.1, 0.15) is 36.5 Å². The number of rotatable bonds is 5. The van der Waals surface area contributed by atoms with Gasteiger partial charge in [-0.25, -0.2) is 9.97 Å². The highest BCUT2D eigenvalue weighted by atomic mass is 19.4. The van der Waals surface area contributed by atoms with Crippen molar-refractivity contribution in [2.75, 3.05) is 20.2 Å². The molecule has 2 atom stereocenters. The van der Waals surface area contributed by atoms with Crippen LogP contribution in [0.2, 0.25) is 0 Å². The molecule has 0 amide bonds. The Labute approximate surface area is 151 Å². The molecule has 2 aromatic heterocycles. The van der Waals surface area contributed by atoms with E-state index in [1.165, 1.54) is 6.07 Å². The molecule has 1 saturated heterocycles. The van der Waals surface area contributed by atoms with Crippen LogP contribution in [0.3, 0.4) is 0 Å². The van der Waals surface area contributed by atoms with Gasteiger partial charge in [0.25, 0.3) is 0 Å². The predicted octanol–water partition coefficient (Wildman–Crippen LogP) is 4.13. The summed E-state index contributed by atoms with van der Waals surface area (Å²) >= 11 is 0. The van der Waals surface area contributed by atoms with Crippen LogP contribution in [0.4, 0.5) is 13.2 Å². The van der Waals surface area contributed by atoms with E-state index in [0.29, 0.717) is 23.9 Å². The van der Waals surface area contributed by atoms with E-state index in [2.05, 4.69) is 21.8 Å². The van der Waals surface area contributed by atoms with E-state index in [-0.39, 0.29) is 6.04 Å². The molecule has 4 nitrogen and oxygen atoms in total. The third-order valence-corrected chi connectivity index (χ3v) is 4.84. The minimum Gasteiger partial charge on any atom is -0.481 e. The summed E-state index contributed by atoms with van der Waals surface area (Å²) in [4.78, 5) is 10.6. The van der Waals surface area contributed by atoms with E-state index in [4.69, 9.17) is 4.74 Å². The van der Waals surface area contributed by atoms with Gasteiger partial charge in [-0.1, -0.05) is 12.1 Å². The predicted molar refractivity (Wildman–Crippen MR) is 91.8 cm³/mol. The Morgan fingerprint density at radius 2 is 1.96 bits per heavy atom. The van der Waals surface area contributed by atoms with Crippen molar-refractivity contribution >= 4 is 0 Å². The average molecular weight is 365 g/mol. The van der Waals surface area contributed by atoms with E-state index < -0.39 is 11.9 Å². The van der Waals surface area contributed by atoms with Crippen molar-refractivity contribution < 1.29 is 17.9 Å². The van der Waals surface area contributed by atoms with Gasteiger partial charge < -0.3 is 4.74 Å². The van der Waals surface area contributed by atoms with Crippen molar-refractivity contribution in [1.82, 2.24) is 14.9 Å². The van der Waals surface area contributed by atoms with Crippen molar-refractivity contribution in [3.8, 4) is 5.88 Å². The van der Waals surface area contributed by atoms with Gasteiger partial charge in [0.1, 0.15) is 5.69 Å². The molecule has 3 rings (SSSR count). The highest BCUT2D eigenvalue weighted by molar-refractivity contribution is 5.18. The number of pyridine rings is 2. The maximum absolute atomic E-state index is 12.8. The van der Waals surface area contributed by atoms with Crippen molar-refractivity contribution in [3.63, 3.8) is 0 Å². The van der Waals surface area contributed by atoms with E-state index >= 15 is 0 Å². The summed E-state index contributed by atoms with van der Waals surface area (Å²) in [5.41, 5.74) is 0.611. The van der Waals surface area contributed by atoms with E-state index in [0.717, 1.165) is 31.3 Å². The van der Waals surface area contributed by atoms with Crippen LogP contribution in [0.25, 0.3) is 0 Å². The number of halogens is 3. The lowest BCUT2D eigenvalue weighted by Crippen LogP contribution is -2.25. The number of hydrogen-bond donors (Lipinski definition) is 0. The van der Waals surface area contributed by atoms with Gasteiger partial charge in [0.15, 0.2) is 0 Å². The Morgan fingerprint density at radius 1 is 1.19 bits per heavy atom. The highest BCUT2D eigenvalue weighted by Crippen LogP contribution is 2.30. The van der Waals surface area contributed by atoms with Gasteiger partial charge >= 0.3 is 6.18 Å². The molecule has 0 bridgehead atoms. The van der Waals surface area contributed by atoms with Crippen LogP contribution in [0, 0.1) is 5.92 Å². The Hall–Kier alpha value is -2.15. The topological polar surface area (TPSA) is 38.2 Å². The van der Waals surface area contributed by atoms with E-state index in [1.807, 2.05) is 18.2 Å². The van der Waals surface area contributed by atoms with Gasteiger partial charge in [-0.05, 0) is 50.4 Å². The molecule has 7 heteroatoms. The molecule has 2 aromatic rings. The van der Waals surface area contributed by atoms with Gasteiger partial charge in [0.2, 0.25) is 5.88 Å². The van der Waals surface area contributed by atoms with Gasteiger partial charge in [-0.3, -0.25) is 4.90 Å². The standard InChI is InChI=1S/C19H22F3N3O/c1-13(16-6-4-8-18(24-16)26-2)25-10-9-14(12-25)11-15-5-3-7-17(23-15)19(20,21)22/h3-8,13-14H,9-12H2,1-2H3/t13?,14-/m1/s1. The smallest absolute Gasteiger partial charge is 0.433 e. The van der Waals surface area contributed by atoms with Gasteiger partial charge in [0, 0.05) is 24.3 Å². The van der Waals surface area contributed by atoms with Gasteiger partial charge in [0.05, 0.1) is 12.8 Å². The molecule has 0 aromatic carbocycles. The molecule has 0 aliphatic carbocycles. The molecule has 1 aliphatic rings. The third-order valence-electron chi connectivity index (χ3n) is 4.84. The SMILES string of the molecule is COc1cccc(C(C)N2CC[C@H](Cc3cccc(C(F)(F)F)n3)C2)n1. The van der Waals surface area contributed by atoms with Crippen LogP contribution in [-0.2, 0) is 12.6 Å². The number of nitrogens with zero attached hydrogens (tertiary/aromatic N) is 3. The van der Waals surface area contributed by atoms with Crippen molar-refractivity contribution in [3.05, 3.63) is 53.5 Å². The summed E-state index contributed by atoms with van der Waals surface area (Å²) in [5.74, 6) is 0.873. The quantitative estimate of drug-likeness (QED) is 0.799. The Kier molecular flexibility index (Phi) is 5.46. The third kappa shape index (κ3) is 4.33. The second kappa shape index (κ2) is 7.61. The molecule has 0 N–H and O–H groups in total. The largest absolute Gasteiger partial charge is 0.481 e. The van der Waals surface area contributed by atoms with Crippen LogP contribution in [-0.4, -0.2) is 35.1 Å². The summed E-state index contributed by atoms with van der Waals surface area (Å²) in [6.07, 6.45) is -2.91. The van der Waals surface area contributed by atoms with E-state index in [1.54, 1.807) is 13.2 Å². The first kappa shape index (κ1) is 18.6. The zero-order valence-corrected chi connectivity index (χ0v) is 14.8. The molecule has 0 saturated carbocycles. The molecule has 1 fully saturated rings. The molecule has 140 valence electrons. The lowest BCUT2D eigenvalue weighted by atomic mass is 10.0. The lowest BCUT2D eigenvalue weighted by molar-refractivity contribution is -0.141. The average Bonchev–Trinajstić information content (AvgIpc) is 3.09. The summed E-state index contributed by atoms with van der Waals surface area (Å²) in [6, 6.07) is 9.94. The zero-order chi connectivity index (χ0) is 18.7. The molecule has 0 spiro atoms. The summed E-state index contributed by atoms with van der Waals surface area (Å²) in [7, 11) is 1.59. The zero-order valence-electron chi connectivity index (χ0n) is 14.8. The van der Waals surface area contributed by atoms with Crippen LogP contribution in [0.15, 0.2) is 36.4 Å². The lowest BCUT2D eigenvalue weighted by Gasteiger charge is -2.24. The normalized spacial score (nSPS) is 19.5. The second-order valence-electron chi connectivity index (χ2n) is 6.65.